The van der Waals surface area contributed by atoms with Crippen LogP contribution < -0.4 is 10.1 Å². The number of alkyl carbamates (subject to hydrolysis) is 1. The molecule has 1 aliphatic rings. The van der Waals surface area contributed by atoms with Crippen LogP contribution in [0.2, 0.25) is 0 Å². The summed E-state index contributed by atoms with van der Waals surface area (Å²) in [5.41, 5.74) is 4.85. The van der Waals surface area contributed by atoms with Crippen LogP contribution in [-0.4, -0.2) is 47.8 Å². The number of fused-ring (bicyclic) bond motifs is 3. The van der Waals surface area contributed by atoms with Crippen molar-refractivity contribution < 1.29 is 29.6 Å². The zero-order chi connectivity index (χ0) is 22.7. The summed E-state index contributed by atoms with van der Waals surface area (Å²) in [6.07, 6.45) is -3.23. The largest absolute Gasteiger partial charge is 0.504 e. The van der Waals surface area contributed by atoms with Crippen LogP contribution in [0.25, 0.3) is 11.1 Å². The van der Waals surface area contributed by atoms with Crippen molar-refractivity contribution in [3.05, 3.63) is 83.4 Å². The van der Waals surface area contributed by atoms with Crippen molar-refractivity contribution in [1.29, 1.82) is 0 Å². The molecular weight excluding hydrogens is 410 g/mol. The number of amides is 1. The maximum atomic E-state index is 12.3. The van der Waals surface area contributed by atoms with E-state index in [2.05, 4.69) is 17.4 Å². The second kappa shape index (κ2) is 9.30. The molecule has 2 atom stereocenters. The highest BCUT2D eigenvalue weighted by molar-refractivity contribution is 5.79. The number of aromatic hydroxyl groups is 1. The fourth-order valence-electron chi connectivity index (χ4n) is 4.05. The maximum Gasteiger partial charge on any atom is 0.407 e. The molecule has 0 bridgehead atoms. The monoisotopic (exact) mass is 435 g/mol. The van der Waals surface area contributed by atoms with E-state index in [1.807, 2.05) is 36.4 Å². The van der Waals surface area contributed by atoms with Crippen LogP contribution in [0, 0.1) is 0 Å². The first-order chi connectivity index (χ1) is 15.5. The van der Waals surface area contributed by atoms with Crippen molar-refractivity contribution in [3.8, 4) is 22.6 Å². The molecule has 0 saturated heterocycles. The minimum absolute atomic E-state index is 0.0619. The molecule has 1 amide bonds. The summed E-state index contributed by atoms with van der Waals surface area (Å²) >= 11 is 0. The molecular formula is C25H25NO6. The number of aliphatic hydroxyl groups is 2. The van der Waals surface area contributed by atoms with Gasteiger partial charge in [0.05, 0.1) is 7.11 Å². The van der Waals surface area contributed by atoms with Crippen LogP contribution in [0.4, 0.5) is 4.79 Å². The summed E-state index contributed by atoms with van der Waals surface area (Å²) in [4.78, 5) is 12.3. The van der Waals surface area contributed by atoms with Gasteiger partial charge in [0.1, 0.15) is 18.8 Å². The van der Waals surface area contributed by atoms with Crippen LogP contribution in [-0.2, 0) is 4.74 Å². The number of nitrogens with one attached hydrogen (secondary N) is 1. The number of carbonyl (C=O) groups excluding carboxylic acids is 1. The molecule has 0 radical (unpaired) electrons. The lowest BCUT2D eigenvalue weighted by molar-refractivity contribution is 0.0184. The molecule has 166 valence electrons. The fraction of sp³-hybridized carbons (Fsp3) is 0.240. The van der Waals surface area contributed by atoms with Crippen LogP contribution in [0.1, 0.15) is 28.7 Å². The molecule has 7 heteroatoms. The first-order valence-corrected chi connectivity index (χ1v) is 10.3. The van der Waals surface area contributed by atoms with Gasteiger partial charge < -0.3 is 30.1 Å². The van der Waals surface area contributed by atoms with Crippen LogP contribution in [0.15, 0.2) is 66.7 Å². The molecule has 0 spiro atoms. The normalized spacial score (nSPS) is 14.2. The Labute approximate surface area is 185 Å². The zero-order valence-electron chi connectivity index (χ0n) is 17.6. The van der Waals surface area contributed by atoms with Gasteiger partial charge in [-0.25, -0.2) is 4.79 Å². The van der Waals surface area contributed by atoms with Gasteiger partial charge in [-0.3, -0.25) is 0 Å². The summed E-state index contributed by atoms with van der Waals surface area (Å²) in [5.74, 6) is 0.0427. The fourth-order valence-corrected chi connectivity index (χ4v) is 4.05. The number of hydrogen-bond acceptors (Lipinski definition) is 6. The number of ether oxygens (including phenoxy) is 2. The number of methoxy groups -OCH3 is 1. The van der Waals surface area contributed by atoms with Crippen molar-refractivity contribution in [3.63, 3.8) is 0 Å². The van der Waals surface area contributed by atoms with Gasteiger partial charge in [0.25, 0.3) is 0 Å². The highest BCUT2D eigenvalue weighted by Crippen LogP contribution is 2.44. The second-order valence-corrected chi connectivity index (χ2v) is 7.65. The van der Waals surface area contributed by atoms with E-state index in [9.17, 15) is 20.1 Å². The molecule has 4 rings (SSSR count). The van der Waals surface area contributed by atoms with E-state index >= 15 is 0 Å². The van der Waals surface area contributed by atoms with E-state index in [4.69, 9.17) is 9.47 Å². The molecule has 0 aliphatic heterocycles. The molecule has 2 unspecified atom stereocenters. The summed E-state index contributed by atoms with van der Waals surface area (Å²) in [5, 5.41) is 32.8. The van der Waals surface area contributed by atoms with Gasteiger partial charge in [-0.05, 0) is 39.9 Å². The molecule has 4 N–H and O–H groups in total. The third-order valence-corrected chi connectivity index (χ3v) is 5.71. The van der Waals surface area contributed by atoms with Gasteiger partial charge in [-0.1, -0.05) is 54.6 Å². The highest BCUT2D eigenvalue weighted by Gasteiger charge is 2.29. The van der Waals surface area contributed by atoms with E-state index < -0.39 is 18.3 Å². The molecule has 3 aromatic carbocycles. The van der Waals surface area contributed by atoms with Crippen LogP contribution >= 0.6 is 0 Å². The van der Waals surface area contributed by atoms with E-state index in [0.29, 0.717) is 5.56 Å². The molecule has 0 saturated carbocycles. The Kier molecular flexibility index (Phi) is 6.30. The Morgan fingerprint density at radius 2 is 1.62 bits per heavy atom. The third-order valence-electron chi connectivity index (χ3n) is 5.71. The predicted molar refractivity (Wildman–Crippen MR) is 119 cm³/mol. The molecule has 0 aromatic heterocycles. The number of carbonyl (C=O) groups is 1. The van der Waals surface area contributed by atoms with Gasteiger partial charge >= 0.3 is 6.09 Å². The number of aliphatic hydroxyl groups excluding tert-OH is 2. The second-order valence-electron chi connectivity index (χ2n) is 7.65. The quantitative estimate of drug-likeness (QED) is 0.453. The maximum absolute atomic E-state index is 12.3. The molecule has 0 fully saturated rings. The van der Waals surface area contributed by atoms with Gasteiger partial charge in [-0.15, -0.1) is 0 Å². The molecule has 32 heavy (non-hydrogen) atoms. The standard InChI is InChI=1S/C25H25NO6/c1-31-23-12-15(10-11-21(23)27)24(29)22(28)13-26-25(30)32-14-20-18-8-4-2-6-16(18)17-7-3-5-9-19(17)20/h2-12,20,22,24,27-29H,13-14H2,1H3,(H,26,30). The Bertz CT molecular complexity index is 1070. The first-order valence-electron chi connectivity index (χ1n) is 10.3. The Morgan fingerprint density at radius 1 is 1.00 bits per heavy atom. The smallest absolute Gasteiger partial charge is 0.407 e. The number of benzene rings is 3. The lowest BCUT2D eigenvalue weighted by Crippen LogP contribution is -2.36. The molecule has 3 aromatic rings. The van der Waals surface area contributed by atoms with Crippen molar-refractivity contribution in [2.45, 2.75) is 18.1 Å². The van der Waals surface area contributed by atoms with Gasteiger partial charge in [0.2, 0.25) is 0 Å². The van der Waals surface area contributed by atoms with E-state index in [-0.39, 0.29) is 30.6 Å². The summed E-state index contributed by atoms with van der Waals surface area (Å²) in [6.45, 7) is -0.0469. The number of hydrogen-bond donors (Lipinski definition) is 4. The number of phenolic OH excluding ortho intramolecular Hbond substituents is 1. The lowest BCUT2D eigenvalue weighted by atomic mass is 9.98. The lowest BCUT2D eigenvalue weighted by Gasteiger charge is -2.20. The minimum atomic E-state index is -1.28. The molecule has 1 aliphatic carbocycles. The van der Waals surface area contributed by atoms with Crippen molar-refractivity contribution in [1.82, 2.24) is 5.32 Å². The van der Waals surface area contributed by atoms with Gasteiger partial charge in [0, 0.05) is 12.5 Å². The topological polar surface area (TPSA) is 108 Å². The number of rotatable bonds is 7. The van der Waals surface area contributed by atoms with E-state index in [1.54, 1.807) is 0 Å². The zero-order valence-corrected chi connectivity index (χ0v) is 17.6. The molecule has 0 heterocycles. The van der Waals surface area contributed by atoms with Crippen LogP contribution in [0.3, 0.4) is 0 Å². The average Bonchev–Trinajstić information content (AvgIpc) is 3.14. The van der Waals surface area contributed by atoms with Crippen molar-refractivity contribution >= 4 is 6.09 Å². The summed E-state index contributed by atoms with van der Waals surface area (Å²) in [6, 6.07) is 20.4. The minimum Gasteiger partial charge on any atom is -0.504 e. The van der Waals surface area contributed by atoms with E-state index in [0.717, 1.165) is 22.3 Å². The van der Waals surface area contributed by atoms with Crippen molar-refractivity contribution in [2.24, 2.45) is 0 Å². The van der Waals surface area contributed by atoms with Gasteiger partial charge in [0.15, 0.2) is 11.5 Å². The molecule has 7 nitrogen and oxygen atoms in total. The van der Waals surface area contributed by atoms with Crippen molar-refractivity contribution in [2.75, 3.05) is 20.3 Å². The Morgan fingerprint density at radius 3 is 2.25 bits per heavy atom. The predicted octanol–water partition coefficient (Wildman–Crippen LogP) is 3.33. The Hall–Kier alpha value is -3.55. The highest BCUT2D eigenvalue weighted by atomic mass is 16.5. The number of phenols is 1. The summed E-state index contributed by atoms with van der Waals surface area (Å²) < 4.78 is 10.4. The van der Waals surface area contributed by atoms with Crippen LogP contribution in [0.5, 0.6) is 11.5 Å². The third kappa shape index (κ3) is 4.26. The SMILES string of the molecule is COc1cc(C(O)C(O)CNC(=O)OCC2c3ccccc3-c3ccccc32)ccc1O. The average molecular weight is 435 g/mol. The van der Waals surface area contributed by atoms with Gasteiger partial charge in [-0.2, -0.15) is 0 Å². The Balaban J connectivity index is 1.34. The first kappa shape index (κ1) is 21.7. The summed E-state index contributed by atoms with van der Waals surface area (Å²) in [7, 11) is 1.39. The van der Waals surface area contributed by atoms with E-state index in [1.165, 1.54) is 25.3 Å².